The molecule has 21 heavy (non-hydrogen) atoms. The molecule has 4 nitrogen and oxygen atoms in total. The molecule has 1 fully saturated rings. The van der Waals surface area contributed by atoms with E-state index in [0.29, 0.717) is 17.7 Å². The summed E-state index contributed by atoms with van der Waals surface area (Å²) < 4.78 is 5.99. The molecule has 2 aliphatic carbocycles. The van der Waals surface area contributed by atoms with E-state index in [1.807, 2.05) is 6.07 Å². The number of ketones is 1. The number of likely N-dealkylation sites (tertiary alicyclic amines) is 1. The van der Waals surface area contributed by atoms with Crippen LogP contribution in [0.1, 0.15) is 17.5 Å². The number of phenols is 1. The molecule has 2 bridgehead atoms. The maximum absolute atomic E-state index is 12.4. The van der Waals surface area contributed by atoms with Gasteiger partial charge in [0.1, 0.15) is 0 Å². The van der Waals surface area contributed by atoms with Crippen LogP contribution in [0.5, 0.6) is 11.5 Å². The van der Waals surface area contributed by atoms with Crippen molar-refractivity contribution in [3.63, 3.8) is 0 Å². The maximum Gasteiger partial charge on any atom is 0.196 e. The van der Waals surface area contributed by atoms with Crippen LogP contribution in [0, 0.1) is 5.92 Å². The average molecular weight is 283 g/mol. The summed E-state index contributed by atoms with van der Waals surface area (Å²) in [6, 6.07) is 4.13. The van der Waals surface area contributed by atoms with Crippen molar-refractivity contribution in [3.8, 4) is 11.5 Å². The molecule has 4 aliphatic rings. The monoisotopic (exact) mass is 283 g/mol. The fourth-order valence-electron chi connectivity index (χ4n) is 5.08. The molecule has 4 atom stereocenters. The number of benzene rings is 1. The highest BCUT2D eigenvalue weighted by atomic mass is 16.5. The number of aromatic hydroxyl groups is 1. The smallest absolute Gasteiger partial charge is 0.196 e. The molecule has 1 spiro atoms. The lowest BCUT2D eigenvalue weighted by Crippen LogP contribution is -2.64. The summed E-state index contributed by atoms with van der Waals surface area (Å²) >= 11 is 0. The number of phenolic OH excluding ortho intramolecular Hbond substituents is 1. The highest BCUT2D eigenvalue weighted by molar-refractivity contribution is 5.98. The number of ether oxygens (including phenoxy) is 1. The Bertz CT molecular complexity index is 710. The van der Waals surface area contributed by atoms with Gasteiger partial charge >= 0.3 is 0 Å². The molecule has 2 heterocycles. The topological polar surface area (TPSA) is 49.8 Å². The normalized spacial score (nSPS) is 39.1. The van der Waals surface area contributed by atoms with Crippen LogP contribution in [0.25, 0.3) is 0 Å². The van der Waals surface area contributed by atoms with Crippen LogP contribution in [0.2, 0.25) is 0 Å². The van der Waals surface area contributed by atoms with Gasteiger partial charge in [0, 0.05) is 17.5 Å². The van der Waals surface area contributed by atoms with Gasteiger partial charge in [0.05, 0.1) is 5.41 Å². The summed E-state index contributed by atoms with van der Waals surface area (Å²) in [5, 5.41) is 10.2. The molecular weight excluding hydrogens is 266 g/mol. The lowest BCUT2D eigenvalue weighted by atomic mass is 9.53. The molecule has 1 aromatic rings. The molecule has 108 valence electrons. The van der Waals surface area contributed by atoms with Crippen LogP contribution in [-0.2, 0) is 16.6 Å². The van der Waals surface area contributed by atoms with Crippen molar-refractivity contribution in [3.05, 3.63) is 35.4 Å². The van der Waals surface area contributed by atoms with Crippen molar-refractivity contribution in [1.29, 1.82) is 0 Å². The first-order valence-electron chi connectivity index (χ1n) is 7.57. The molecule has 1 unspecified atom stereocenters. The van der Waals surface area contributed by atoms with Gasteiger partial charge in [-0.2, -0.15) is 0 Å². The van der Waals surface area contributed by atoms with Crippen LogP contribution in [-0.4, -0.2) is 41.5 Å². The van der Waals surface area contributed by atoms with E-state index >= 15 is 0 Å². The average Bonchev–Trinajstić information content (AvgIpc) is 2.83. The zero-order chi connectivity index (χ0) is 14.4. The summed E-state index contributed by atoms with van der Waals surface area (Å²) in [5.74, 6) is 1.07. The van der Waals surface area contributed by atoms with Crippen LogP contribution in [0.4, 0.5) is 0 Å². The predicted molar refractivity (Wildman–Crippen MR) is 76.6 cm³/mol. The Morgan fingerprint density at radius 1 is 1.43 bits per heavy atom. The Hall–Kier alpha value is -1.81. The van der Waals surface area contributed by atoms with Gasteiger partial charge in [0.25, 0.3) is 0 Å². The maximum atomic E-state index is 12.4. The number of carbonyl (C=O) groups excluding carboxylic acids is 1. The van der Waals surface area contributed by atoms with E-state index in [1.54, 1.807) is 12.1 Å². The van der Waals surface area contributed by atoms with E-state index in [9.17, 15) is 9.90 Å². The minimum Gasteiger partial charge on any atom is -0.504 e. The number of piperidine rings is 1. The second kappa shape index (κ2) is 3.50. The van der Waals surface area contributed by atoms with Crippen LogP contribution < -0.4 is 4.74 Å². The summed E-state index contributed by atoms with van der Waals surface area (Å²) in [5.41, 5.74) is 2.09. The van der Waals surface area contributed by atoms with Gasteiger partial charge in [-0.1, -0.05) is 12.1 Å². The van der Waals surface area contributed by atoms with E-state index in [1.165, 1.54) is 5.56 Å². The molecule has 4 heteroatoms. The van der Waals surface area contributed by atoms with Crippen LogP contribution in [0.15, 0.2) is 24.3 Å². The molecule has 0 amide bonds. The molecule has 2 aliphatic heterocycles. The fourth-order valence-corrected chi connectivity index (χ4v) is 5.08. The fraction of sp³-hybridized carbons (Fsp3) is 0.471. The lowest BCUT2D eigenvalue weighted by Gasteiger charge is -2.55. The van der Waals surface area contributed by atoms with Gasteiger partial charge in [-0.25, -0.2) is 0 Å². The van der Waals surface area contributed by atoms with Gasteiger partial charge in [-0.3, -0.25) is 4.79 Å². The van der Waals surface area contributed by atoms with Crippen molar-refractivity contribution < 1.29 is 14.6 Å². The molecule has 0 radical (unpaired) electrons. The van der Waals surface area contributed by atoms with E-state index < -0.39 is 6.10 Å². The zero-order valence-corrected chi connectivity index (χ0v) is 11.9. The van der Waals surface area contributed by atoms with E-state index in [4.69, 9.17) is 4.74 Å². The Labute approximate surface area is 123 Å². The quantitative estimate of drug-likeness (QED) is 0.782. The Morgan fingerprint density at radius 2 is 2.29 bits per heavy atom. The second-order valence-corrected chi connectivity index (χ2v) is 6.78. The van der Waals surface area contributed by atoms with Crippen molar-refractivity contribution in [2.45, 2.75) is 30.4 Å². The van der Waals surface area contributed by atoms with Crippen LogP contribution >= 0.6 is 0 Å². The number of hydrogen-bond acceptors (Lipinski definition) is 4. The molecule has 1 aromatic carbocycles. The minimum absolute atomic E-state index is 0.0398. The first-order chi connectivity index (χ1) is 10.1. The van der Waals surface area contributed by atoms with Gasteiger partial charge in [0.15, 0.2) is 23.4 Å². The first kappa shape index (κ1) is 11.8. The number of nitrogens with zero attached hydrogens (tertiary/aromatic N) is 1. The third-order valence-electron chi connectivity index (χ3n) is 6.00. The van der Waals surface area contributed by atoms with Gasteiger partial charge in [-0.05, 0) is 44.1 Å². The lowest BCUT2D eigenvalue weighted by molar-refractivity contribution is -0.127. The third kappa shape index (κ3) is 1.16. The Morgan fingerprint density at radius 3 is 3.14 bits per heavy atom. The molecule has 1 saturated heterocycles. The largest absolute Gasteiger partial charge is 0.504 e. The SMILES string of the molecule is CN1CC[C@]23c4c5ccc(O)c4OC2C(=O)C=C[C@H]3[C@H]1C5. The standard InChI is InChI=1S/C17H17NO3/c1-18-7-6-17-10-3-5-13(20)16(17)21-15-12(19)4-2-9(14(15)17)8-11(10)18/h2-5,10-11,16,19H,6-8H2,1H3/t10-,11+,16?,17-/m0/s1. The van der Waals surface area contributed by atoms with E-state index in [-0.39, 0.29) is 16.9 Å². The first-order valence-corrected chi connectivity index (χ1v) is 7.57. The van der Waals surface area contributed by atoms with Gasteiger partial charge in [-0.15, -0.1) is 0 Å². The second-order valence-electron chi connectivity index (χ2n) is 6.78. The summed E-state index contributed by atoms with van der Waals surface area (Å²) in [4.78, 5) is 14.8. The molecule has 1 N–H and O–H groups in total. The number of hydrogen-bond donors (Lipinski definition) is 1. The number of rotatable bonds is 0. The predicted octanol–water partition coefficient (Wildman–Crippen LogP) is 1.41. The van der Waals surface area contributed by atoms with E-state index in [0.717, 1.165) is 24.9 Å². The summed E-state index contributed by atoms with van der Waals surface area (Å²) in [6.45, 7) is 0.969. The van der Waals surface area contributed by atoms with Crippen molar-refractivity contribution >= 4 is 5.78 Å². The number of carbonyl (C=O) groups is 1. The molecule has 5 rings (SSSR count). The third-order valence-corrected chi connectivity index (χ3v) is 6.00. The van der Waals surface area contributed by atoms with Crippen LogP contribution in [0.3, 0.4) is 0 Å². The summed E-state index contributed by atoms with van der Waals surface area (Å²) in [6.07, 6.45) is 5.19. The van der Waals surface area contributed by atoms with Crippen molar-refractivity contribution in [2.24, 2.45) is 5.92 Å². The van der Waals surface area contributed by atoms with E-state index in [2.05, 4.69) is 18.0 Å². The van der Waals surface area contributed by atoms with Crippen molar-refractivity contribution in [1.82, 2.24) is 4.90 Å². The zero-order valence-electron chi connectivity index (χ0n) is 11.9. The summed E-state index contributed by atoms with van der Waals surface area (Å²) in [7, 11) is 2.17. The molecular formula is C17H17NO3. The molecule has 0 aromatic heterocycles. The highest BCUT2D eigenvalue weighted by Gasteiger charge is 2.64. The van der Waals surface area contributed by atoms with Gasteiger partial charge < -0.3 is 14.7 Å². The Kier molecular flexibility index (Phi) is 1.97. The number of likely N-dealkylation sites (N-methyl/N-ethyl adjacent to an activating group) is 1. The Balaban J connectivity index is 1.87. The highest BCUT2D eigenvalue weighted by Crippen LogP contribution is 2.61. The minimum atomic E-state index is -0.453. The van der Waals surface area contributed by atoms with Crippen molar-refractivity contribution in [2.75, 3.05) is 13.6 Å². The molecule has 0 saturated carbocycles. The van der Waals surface area contributed by atoms with Gasteiger partial charge in [0.2, 0.25) is 0 Å².